The maximum Gasteiger partial charge on any atom is 0.188 e. The summed E-state index contributed by atoms with van der Waals surface area (Å²) in [7, 11) is 0. The summed E-state index contributed by atoms with van der Waals surface area (Å²) < 4.78 is 14.3. The molecule has 1 aromatic heterocycles. The van der Waals surface area contributed by atoms with E-state index in [-0.39, 0.29) is 5.78 Å². The summed E-state index contributed by atoms with van der Waals surface area (Å²) >= 11 is 3.12. The van der Waals surface area contributed by atoms with Crippen molar-refractivity contribution in [2.24, 2.45) is 0 Å². The van der Waals surface area contributed by atoms with Gasteiger partial charge in [-0.1, -0.05) is 25.1 Å². The number of hydrogen-bond donors (Lipinski definition) is 0. The molecule has 0 fully saturated rings. The van der Waals surface area contributed by atoms with E-state index in [1.807, 2.05) is 0 Å². The maximum atomic E-state index is 13.9. The van der Waals surface area contributed by atoms with Crippen LogP contribution in [-0.2, 0) is 0 Å². The van der Waals surface area contributed by atoms with Gasteiger partial charge in [0.1, 0.15) is 11.5 Å². The summed E-state index contributed by atoms with van der Waals surface area (Å²) in [6, 6.07) is 10.0. The van der Waals surface area contributed by atoms with E-state index >= 15 is 0 Å². The maximum absolute atomic E-state index is 13.9. The van der Waals surface area contributed by atoms with E-state index in [1.165, 1.54) is 0 Å². The Morgan fingerprint density at radius 3 is 2.72 bits per heavy atom. The van der Waals surface area contributed by atoms with Crippen molar-refractivity contribution in [1.82, 2.24) is 4.98 Å². The second kappa shape index (κ2) is 5.40. The summed E-state index contributed by atoms with van der Waals surface area (Å²) in [6.07, 6.45) is 1.55. The summed E-state index contributed by atoms with van der Waals surface area (Å²) in [4.78, 5) is 16.2. The SMILES string of the molecule is CC(C(=O)c1ccccn1)c1cccc(Br)c1F. The van der Waals surface area contributed by atoms with E-state index < -0.39 is 11.7 Å². The van der Waals surface area contributed by atoms with Crippen molar-refractivity contribution < 1.29 is 9.18 Å². The van der Waals surface area contributed by atoms with Gasteiger partial charge in [-0.15, -0.1) is 0 Å². The zero-order valence-corrected chi connectivity index (χ0v) is 11.3. The number of rotatable bonds is 3. The third-order valence-electron chi connectivity index (χ3n) is 2.76. The Labute approximate surface area is 113 Å². The van der Waals surface area contributed by atoms with E-state index in [4.69, 9.17) is 0 Å². The summed E-state index contributed by atoms with van der Waals surface area (Å²) in [6.45, 7) is 1.68. The molecule has 0 aliphatic heterocycles. The third kappa shape index (κ3) is 2.48. The third-order valence-corrected chi connectivity index (χ3v) is 3.37. The lowest BCUT2D eigenvalue weighted by molar-refractivity contribution is 0.0959. The van der Waals surface area contributed by atoms with Gasteiger partial charge in [0.15, 0.2) is 5.78 Å². The molecule has 2 nitrogen and oxygen atoms in total. The number of carbonyl (C=O) groups is 1. The highest BCUT2D eigenvalue weighted by Gasteiger charge is 2.21. The van der Waals surface area contributed by atoms with Crippen molar-refractivity contribution in [2.45, 2.75) is 12.8 Å². The van der Waals surface area contributed by atoms with Crippen LogP contribution >= 0.6 is 15.9 Å². The first-order valence-corrected chi connectivity index (χ1v) is 6.29. The first kappa shape index (κ1) is 12.9. The van der Waals surface area contributed by atoms with Gasteiger partial charge in [-0.3, -0.25) is 9.78 Å². The number of ketones is 1. The van der Waals surface area contributed by atoms with E-state index in [1.54, 1.807) is 49.5 Å². The summed E-state index contributed by atoms with van der Waals surface area (Å²) in [5.74, 6) is -1.14. The van der Waals surface area contributed by atoms with Crippen LogP contribution in [0.2, 0.25) is 0 Å². The van der Waals surface area contributed by atoms with Gasteiger partial charge in [0, 0.05) is 12.1 Å². The van der Waals surface area contributed by atoms with Gasteiger partial charge < -0.3 is 0 Å². The molecule has 1 aromatic carbocycles. The van der Waals surface area contributed by atoms with Crippen LogP contribution < -0.4 is 0 Å². The number of hydrogen-bond acceptors (Lipinski definition) is 2. The zero-order valence-electron chi connectivity index (χ0n) is 9.73. The first-order chi connectivity index (χ1) is 8.61. The predicted octanol–water partition coefficient (Wildman–Crippen LogP) is 3.97. The van der Waals surface area contributed by atoms with Crippen LogP contribution in [0.5, 0.6) is 0 Å². The fourth-order valence-electron chi connectivity index (χ4n) is 1.73. The van der Waals surface area contributed by atoms with Crippen LogP contribution in [0.1, 0.15) is 28.9 Å². The van der Waals surface area contributed by atoms with Gasteiger partial charge in [0.05, 0.1) is 4.47 Å². The minimum Gasteiger partial charge on any atom is -0.292 e. The molecule has 0 radical (unpaired) electrons. The van der Waals surface area contributed by atoms with Gasteiger partial charge in [0.25, 0.3) is 0 Å². The molecule has 0 aliphatic rings. The van der Waals surface area contributed by atoms with Crippen molar-refractivity contribution in [2.75, 3.05) is 0 Å². The molecule has 1 heterocycles. The van der Waals surface area contributed by atoms with Gasteiger partial charge in [-0.25, -0.2) is 4.39 Å². The van der Waals surface area contributed by atoms with E-state index in [0.717, 1.165) is 0 Å². The molecule has 1 unspecified atom stereocenters. The van der Waals surface area contributed by atoms with Crippen molar-refractivity contribution in [3.8, 4) is 0 Å². The molecule has 4 heteroatoms. The predicted molar refractivity (Wildman–Crippen MR) is 71.1 cm³/mol. The van der Waals surface area contributed by atoms with Crippen LogP contribution in [0.15, 0.2) is 47.1 Å². The number of pyridine rings is 1. The lowest BCUT2D eigenvalue weighted by Gasteiger charge is -2.12. The van der Waals surface area contributed by atoms with E-state index in [0.29, 0.717) is 15.7 Å². The molecule has 0 amide bonds. The highest BCUT2D eigenvalue weighted by molar-refractivity contribution is 9.10. The molecule has 0 spiro atoms. The number of aromatic nitrogens is 1. The van der Waals surface area contributed by atoms with E-state index in [2.05, 4.69) is 20.9 Å². The quantitative estimate of drug-likeness (QED) is 0.803. The second-order valence-corrected chi connectivity index (χ2v) is 4.80. The molecule has 0 bridgehead atoms. The Hall–Kier alpha value is -1.55. The Bertz CT molecular complexity index is 571. The number of Topliss-reactive ketones (excluding diaryl/α,β-unsaturated/α-hetero) is 1. The second-order valence-electron chi connectivity index (χ2n) is 3.94. The molecule has 92 valence electrons. The van der Waals surface area contributed by atoms with Crippen LogP contribution in [0.25, 0.3) is 0 Å². The topological polar surface area (TPSA) is 30.0 Å². The van der Waals surface area contributed by atoms with Gasteiger partial charge >= 0.3 is 0 Å². The Morgan fingerprint density at radius 1 is 1.28 bits per heavy atom. The molecule has 2 aromatic rings. The zero-order chi connectivity index (χ0) is 13.1. The summed E-state index contributed by atoms with van der Waals surface area (Å²) in [5.41, 5.74) is 0.726. The average molecular weight is 308 g/mol. The molecule has 18 heavy (non-hydrogen) atoms. The molecule has 0 N–H and O–H groups in total. The van der Waals surface area contributed by atoms with Crippen molar-refractivity contribution in [3.63, 3.8) is 0 Å². The number of carbonyl (C=O) groups excluding carboxylic acids is 1. The Morgan fingerprint density at radius 2 is 2.06 bits per heavy atom. The van der Waals surface area contributed by atoms with Gasteiger partial charge in [-0.2, -0.15) is 0 Å². The molecule has 0 aliphatic carbocycles. The highest BCUT2D eigenvalue weighted by Crippen LogP contribution is 2.26. The summed E-state index contributed by atoms with van der Waals surface area (Å²) in [5, 5.41) is 0. The van der Waals surface area contributed by atoms with Crippen LogP contribution in [0.3, 0.4) is 0 Å². The Balaban J connectivity index is 2.35. The average Bonchev–Trinajstić information content (AvgIpc) is 2.41. The minimum atomic E-state index is -0.558. The normalized spacial score (nSPS) is 12.2. The lowest BCUT2D eigenvalue weighted by atomic mass is 9.94. The van der Waals surface area contributed by atoms with Crippen molar-refractivity contribution in [1.29, 1.82) is 0 Å². The number of benzene rings is 1. The molecular formula is C14H11BrFNO. The Kier molecular flexibility index (Phi) is 3.87. The molecule has 2 rings (SSSR count). The first-order valence-electron chi connectivity index (χ1n) is 5.50. The largest absolute Gasteiger partial charge is 0.292 e. The minimum absolute atomic E-state index is 0.187. The molecular weight excluding hydrogens is 297 g/mol. The van der Waals surface area contributed by atoms with Gasteiger partial charge in [0.2, 0.25) is 0 Å². The van der Waals surface area contributed by atoms with Gasteiger partial charge in [-0.05, 0) is 39.7 Å². The van der Waals surface area contributed by atoms with Crippen molar-refractivity contribution >= 4 is 21.7 Å². The number of halogens is 2. The fraction of sp³-hybridized carbons (Fsp3) is 0.143. The molecule has 0 saturated heterocycles. The van der Waals surface area contributed by atoms with Crippen LogP contribution in [0, 0.1) is 5.82 Å². The van der Waals surface area contributed by atoms with Crippen LogP contribution in [-0.4, -0.2) is 10.8 Å². The van der Waals surface area contributed by atoms with Crippen LogP contribution in [0.4, 0.5) is 4.39 Å². The lowest BCUT2D eigenvalue weighted by Crippen LogP contribution is -2.12. The standard InChI is InChI=1S/C14H11BrFNO/c1-9(10-5-4-6-11(15)13(10)16)14(18)12-7-2-3-8-17-12/h2-9H,1H3. The molecule has 0 saturated carbocycles. The molecule has 1 atom stereocenters. The van der Waals surface area contributed by atoms with E-state index in [9.17, 15) is 9.18 Å². The fourth-order valence-corrected chi connectivity index (χ4v) is 2.11. The smallest absolute Gasteiger partial charge is 0.188 e. The number of nitrogens with zero attached hydrogens (tertiary/aromatic N) is 1. The van der Waals surface area contributed by atoms with Crippen molar-refractivity contribution in [3.05, 3.63) is 64.1 Å². The highest BCUT2D eigenvalue weighted by atomic mass is 79.9. The monoisotopic (exact) mass is 307 g/mol.